The number of nitrogens with zero attached hydrogens (tertiary/aromatic N) is 1. The van der Waals surface area contributed by atoms with Crippen LogP contribution in [0, 0.1) is 0 Å². The molecule has 0 spiro atoms. The fourth-order valence-corrected chi connectivity index (χ4v) is 4.18. The Labute approximate surface area is 195 Å². The van der Waals surface area contributed by atoms with Crippen LogP contribution in [0.4, 0.5) is 5.69 Å². The smallest absolute Gasteiger partial charge is 0.264 e. The van der Waals surface area contributed by atoms with Crippen LogP contribution in [0.15, 0.2) is 102 Å². The average Bonchev–Trinajstić information content (AvgIpc) is 2.99. The molecule has 3 aromatic rings. The highest BCUT2D eigenvalue weighted by Crippen LogP contribution is 2.44. The number of benzene rings is 3. The summed E-state index contributed by atoms with van der Waals surface area (Å²) in [5, 5.41) is 11.4. The van der Waals surface area contributed by atoms with E-state index in [9.17, 15) is 14.7 Å². The maximum atomic E-state index is 13.3. The van der Waals surface area contributed by atoms with Crippen LogP contribution in [0.1, 0.15) is 23.1 Å². The number of amides is 1. The van der Waals surface area contributed by atoms with Crippen LogP contribution in [0.5, 0.6) is 0 Å². The lowest BCUT2D eigenvalue weighted by atomic mass is 9.90. The summed E-state index contributed by atoms with van der Waals surface area (Å²) in [7, 11) is 0. The Morgan fingerprint density at radius 2 is 1.66 bits per heavy atom. The largest absolute Gasteiger partial charge is 0.375 e. The van der Waals surface area contributed by atoms with E-state index in [0.29, 0.717) is 17.8 Å². The van der Waals surface area contributed by atoms with Gasteiger partial charge in [0.1, 0.15) is 0 Å². The first-order valence-corrected chi connectivity index (χ1v) is 11.1. The molecular formula is C27H22BrNO3. The predicted molar refractivity (Wildman–Crippen MR) is 130 cm³/mol. The first kappa shape index (κ1) is 21.9. The minimum Gasteiger partial charge on any atom is -0.375 e. The summed E-state index contributed by atoms with van der Waals surface area (Å²) in [5.74, 6) is -0.818. The standard InChI is InChI=1S/C27H22BrNO3/c28-22-15-16-25-24(17-22)27(32,26(31)29(25)19-21-12-5-2-6-13-21)18-23(30)14-8-7-11-20-9-3-1-4-10-20/h1-17,32H,18-19H2/b11-7+,14-8+/t27-/m1/s1. The van der Waals surface area contributed by atoms with Gasteiger partial charge in [0.05, 0.1) is 18.7 Å². The van der Waals surface area contributed by atoms with Crippen molar-refractivity contribution in [2.45, 2.75) is 18.6 Å². The maximum absolute atomic E-state index is 13.3. The third kappa shape index (κ3) is 4.64. The lowest BCUT2D eigenvalue weighted by Crippen LogP contribution is -2.41. The van der Waals surface area contributed by atoms with Gasteiger partial charge in [-0.3, -0.25) is 9.59 Å². The van der Waals surface area contributed by atoms with Crippen LogP contribution in [0.2, 0.25) is 0 Å². The molecule has 0 aliphatic carbocycles. The van der Waals surface area contributed by atoms with Gasteiger partial charge in [-0.1, -0.05) is 94.8 Å². The topological polar surface area (TPSA) is 57.6 Å². The third-order valence-electron chi connectivity index (χ3n) is 5.39. The second-order valence-corrected chi connectivity index (χ2v) is 8.59. The molecule has 1 amide bonds. The Kier molecular flexibility index (Phi) is 6.49. The summed E-state index contributed by atoms with van der Waals surface area (Å²) in [4.78, 5) is 27.5. The maximum Gasteiger partial charge on any atom is 0.264 e. The van der Waals surface area contributed by atoms with E-state index in [-0.39, 0.29) is 12.2 Å². The van der Waals surface area contributed by atoms with Gasteiger partial charge in [0, 0.05) is 10.0 Å². The van der Waals surface area contributed by atoms with Gasteiger partial charge in [-0.15, -0.1) is 0 Å². The molecule has 0 radical (unpaired) electrons. The zero-order chi connectivity index (χ0) is 22.6. The van der Waals surface area contributed by atoms with Crippen molar-refractivity contribution in [2.75, 3.05) is 4.90 Å². The Morgan fingerprint density at radius 1 is 0.969 bits per heavy atom. The fraction of sp³-hybridized carbons (Fsp3) is 0.111. The van der Waals surface area contributed by atoms with Gasteiger partial charge in [-0.2, -0.15) is 0 Å². The summed E-state index contributed by atoms with van der Waals surface area (Å²) in [6, 6.07) is 24.6. The molecule has 0 saturated heterocycles. The molecular weight excluding hydrogens is 466 g/mol. The van der Waals surface area contributed by atoms with Crippen molar-refractivity contribution in [3.63, 3.8) is 0 Å². The second kappa shape index (κ2) is 9.47. The molecule has 0 unspecified atom stereocenters. The number of rotatable bonds is 7. The highest BCUT2D eigenvalue weighted by Gasteiger charge is 2.50. The lowest BCUT2D eigenvalue weighted by molar-refractivity contribution is -0.140. The van der Waals surface area contributed by atoms with Gasteiger partial charge < -0.3 is 10.0 Å². The SMILES string of the molecule is O=C(/C=C/C=C/c1ccccc1)C[C@]1(O)C(=O)N(Cc2ccccc2)c2ccc(Br)cc21. The molecule has 32 heavy (non-hydrogen) atoms. The van der Waals surface area contributed by atoms with Gasteiger partial charge in [0.2, 0.25) is 0 Å². The molecule has 4 nitrogen and oxygen atoms in total. The van der Waals surface area contributed by atoms with Gasteiger partial charge in [0.25, 0.3) is 5.91 Å². The number of carbonyl (C=O) groups excluding carboxylic acids is 2. The van der Waals surface area contributed by atoms with E-state index in [0.717, 1.165) is 15.6 Å². The van der Waals surface area contributed by atoms with Crippen molar-refractivity contribution in [1.29, 1.82) is 0 Å². The van der Waals surface area contributed by atoms with E-state index in [1.807, 2.05) is 72.8 Å². The summed E-state index contributed by atoms with van der Waals surface area (Å²) >= 11 is 3.41. The molecule has 1 atom stereocenters. The van der Waals surface area contributed by atoms with Crippen molar-refractivity contribution in [1.82, 2.24) is 0 Å². The number of aliphatic hydroxyl groups is 1. The molecule has 0 saturated carbocycles. The molecule has 4 rings (SSSR count). The van der Waals surface area contributed by atoms with E-state index in [2.05, 4.69) is 15.9 Å². The molecule has 3 aromatic carbocycles. The van der Waals surface area contributed by atoms with Crippen LogP contribution in [0.3, 0.4) is 0 Å². The second-order valence-electron chi connectivity index (χ2n) is 7.67. The van der Waals surface area contributed by atoms with Crippen molar-refractivity contribution in [2.24, 2.45) is 0 Å². The molecule has 0 bridgehead atoms. The van der Waals surface area contributed by atoms with E-state index in [1.165, 1.54) is 6.08 Å². The Morgan fingerprint density at radius 3 is 2.38 bits per heavy atom. The van der Waals surface area contributed by atoms with Gasteiger partial charge in [-0.05, 0) is 35.4 Å². The normalized spacial score (nSPS) is 17.9. The molecule has 0 fully saturated rings. The minimum atomic E-state index is -1.90. The number of anilines is 1. The van der Waals surface area contributed by atoms with Crippen LogP contribution < -0.4 is 4.90 Å². The number of fused-ring (bicyclic) bond motifs is 1. The highest BCUT2D eigenvalue weighted by molar-refractivity contribution is 9.10. The van der Waals surface area contributed by atoms with Crippen LogP contribution in [0.25, 0.3) is 6.08 Å². The van der Waals surface area contributed by atoms with Crippen molar-refractivity contribution in [3.05, 3.63) is 118 Å². The summed E-state index contributed by atoms with van der Waals surface area (Å²) in [6.45, 7) is 0.320. The summed E-state index contributed by atoms with van der Waals surface area (Å²) in [6.07, 6.45) is 6.34. The molecule has 0 aromatic heterocycles. The molecule has 5 heteroatoms. The quantitative estimate of drug-likeness (QED) is 0.357. The van der Waals surface area contributed by atoms with E-state index in [4.69, 9.17) is 0 Å². The summed E-state index contributed by atoms with van der Waals surface area (Å²) < 4.78 is 0.734. The van der Waals surface area contributed by atoms with Gasteiger partial charge in [0.15, 0.2) is 11.4 Å². The minimum absolute atomic E-state index is 0.320. The third-order valence-corrected chi connectivity index (χ3v) is 5.88. The molecule has 1 aliphatic rings. The van der Waals surface area contributed by atoms with Crippen LogP contribution >= 0.6 is 15.9 Å². The zero-order valence-electron chi connectivity index (χ0n) is 17.3. The highest BCUT2D eigenvalue weighted by atomic mass is 79.9. The average molecular weight is 488 g/mol. The van der Waals surface area contributed by atoms with Crippen LogP contribution in [-0.2, 0) is 21.7 Å². The molecule has 160 valence electrons. The first-order chi connectivity index (χ1) is 15.5. The fourth-order valence-electron chi connectivity index (χ4n) is 3.82. The lowest BCUT2D eigenvalue weighted by Gasteiger charge is -2.22. The van der Waals surface area contributed by atoms with Gasteiger partial charge >= 0.3 is 0 Å². The van der Waals surface area contributed by atoms with E-state index in [1.54, 1.807) is 29.2 Å². The van der Waals surface area contributed by atoms with Gasteiger partial charge in [-0.25, -0.2) is 0 Å². The predicted octanol–water partition coefficient (Wildman–Crippen LogP) is 5.41. The number of hydrogen-bond acceptors (Lipinski definition) is 3. The van der Waals surface area contributed by atoms with Crippen molar-refractivity contribution < 1.29 is 14.7 Å². The number of hydrogen-bond donors (Lipinski definition) is 1. The number of carbonyl (C=O) groups is 2. The summed E-state index contributed by atoms with van der Waals surface area (Å²) in [5.41, 5.74) is 1.11. The molecule has 1 N–H and O–H groups in total. The Hall–Kier alpha value is -3.28. The zero-order valence-corrected chi connectivity index (χ0v) is 18.9. The van der Waals surface area contributed by atoms with Crippen LogP contribution in [-0.4, -0.2) is 16.8 Å². The van der Waals surface area contributed by atoms with E-state index >= 15 is 0 Å². The molecule has 1 aliphatic heterocycles. The number of ketones is 1. The van der Waals surface area contributed by atoms with Crippen molar-refractivity contribution >= 4 is 39.4 Å². The first-order valence-electron chi connectivity index (χ1n) is 10.3. The Bertz CT molecular complexity index is 1190. The Balaban J connectivity index is 1.55. The number of halogens is 1. The monoisotopic (exact) mass is 487 g/mol. The number of allylic oxidation sites excluding steroid dienone is 3. The van der Waals surface area contributed by atoms with Crippen molar-refractivity contribution in [3.8, 4) is 0 Å². The van der Waals surface area contributed by atoms with E-state index < -0.39 is 11.5 Å². The molecule has 1 heterocycles.